The highest BCUT2D eigenvalue weighted by molar-refractivity contribution is 5.89. The molecule has 2 unspecified atom stereocenters. The second kappa shape index (κ2) is 14.6. The summed E-state index contributed by atoms with van der Waals surface area (Å²) in [7, 11) is 0. The summed E-state index contributed by atoms with van der Waals surface area (Å²) in [6.07, 6.45) is 0. The first-order valence-corrected chi connectivity index (χ1v) is 21.9. The number of nitrogens with zero attached hydrogens (tertiary/aromatic N) is 4. The molecule has 9 aromatic carbocycles. The fraction of sp³-hybridized carbons (Fsp3) is 0.0333. The maximum absolute atomic E-state index is 5.26. The Morgan fingerprint density at radius 3 is 0.969 bits per heavy atom. The molecule has 0 amide bonds. The van der Waals surface area contributed by atoms with Gasteiger partial charge in [-0.1, -0.05) is 182 Å². The quantitative estimate of drug-likeness (QED) is 0.168. The Labute approximate surface area is 371 Å². The average Bonchev–Trinajstić information content (AvgIpc) is 3.38. The van der Waals surface area contributed by atoms with Gasteiger partial charge in [-0.15, -0.1) is 0 Å². The van der Waals surface area contributed by atoms with E-state index in [2.05, 4.69) is 182 Å². The van der Waals surface area contributed by atoms with Crippen LogP contribution in [0, 0.1) is 0 Å². The molecule has 0 spiro atoms. The van der Waals surface area contributed by atoms with Gasteiger partial charge in [-0.05, 0) is 91.3 Å². The zero-order chi connectivity index (χ0) is 42.1. The Morgan fingerprint density at radius 1 is 0.219 bits per heavy atom. The van der Waals surface area contributed by atoms with E-state index in [0.29, 0.717) is 11.6 Å². The van der Waals surface area contributed by atoms with Gasteiger partial charge in [-0.2, -0.15) is 0 Å². The lowest BCUT2D eigenvalue weighted by Crippen LogP contribution is -2.27. The summed E-state index contributed by atoms with van der Waals surface area (Å²) in [5, 5.41) is 4.80. The van der Waals surface area contributed by atoms with Gasteiger partial charge >= 0.3 is 0 Å². The standard InChI is InChI=1S/C60H38N4/c1-3-15-39(16-4-1)59-61-53(43-25-23-37-13-7-9-19-41(37)31-43)35-55(63-59)45-27-29-49-51(33-45)57-47-21-11-12-22-48(47)58(49)52-34-46(28-30-50(52)57)56-36-54(62-60(64-56)40-17-5-2-6-18-40)44-26-24-38-14-8-10-20-42(38)32-44/h1-36,57-58H. The third-order valence-electron chi connectivity index (χ3n) is 13.2. The topological polar surface area (TPSA) is 51.6 Å². The molecule has 2 aromatic heterocycles. The summed E-state index contributed by atoms with van der Waals surface area (Å²) < 4.78 is 0. The number of hydrogen-bond acceptors (Lipinski definition) is 4. The Bertz CT molecular complexity index is 3390. The van der Waals surface area contributed by atoms with Gasteiger partial charge in [-0.3, -0.25) is 0 Å². The van der Waals surface area contributed by atoms with Crippen molar-refractivity contribution in [1.29, 1.82) is 0 Å². The fourth-order valence-corrected chi connectivity index (χ4v) is 10.2. The summed E-state index contributed by atoms with van der Waals surface area (Å²) in [5.41, 5.74) is 18.0. The van der Waals surface area contributed by atoms with E-state index >= 15 is 0 Å². The van der Waals surface area contributed by atoms with Crippen LogP contribution in [-0.4, -0.2) is 19.9 Å². The van der Waals surface area contributed by atoms with Gasteiger partial charge in [0.25, 0.3) is 0 Å². The SMILES string of the molecule is c1ccc(-c2nc(-c3ccc4c(c3)C3c5ccccc5C4c4cc(-c5cc(-c6ccc7ccccc7c6)nc(-c6ccccc6)n5)ccc43)cc(-c3ccc4ccccc4c3)n2)cc1. The highest BCUT2D eigenvalue weighted by Gasteiger charge is 2.41. The monoisotopic (exact) mass is 814 g/mol. The van der Waals surface area contributed by atoms with E-state index in [9.17, 15) is 0 Å². The summed E-state index contributed by atoms with van der Waals surface area (Å²) in [5.74, 6) is 1.59. The van der Waals surface area contributed by atoms with Crippen LogP contribution in [-0.2, 0) is 0 Å². The molecule has 0 saturated heterocycles. The van der Waals surface area contributed by atoms with E-state index in [1.807, 2.05) is 36.4 Å². The molecule has 0 aliphatic heterocycles. The molecule has 2 atom stereocenters. The molecule has 3 aliphatic carbocycles. The van der Waals surface area contributed by atoms with Crippen LogP contribution >= 0.6 is 0 Å². The molecular weight excluding hydrogens is 777 g/mol. The van der Waals surface area contributed by atoms with Gasteiger partial charge < -0.3 is 0 Å². The number of fused-ring (bicyclic) bond motifs is 2. The average molecular weight is 815 g/mol. The zero-order valence-electron chi connectivity index (χ0n) is 34.7. The fourth-order valence-electron chi connectivity index (χ4n) is 10.2. The lowest BCUT2D eigenvalue weighted by atomic mass is 9.60. The van der Waals surface area contributed by atoms with Crippen LogP contribution in [0.25, 0.3) is 89.4 Å². The van der Waals surface area contributed by atoms with Crippen molar-refractivity contribution in [1.82, 2.24) is 19.9 Å². The number of rotatable bonds is 6. The minimum Gasteiger partial charge on any atom is -0.228 e. The molecular formula is C60H38N4. The van der Waals surface area contributed by atoms with Gasteiger partial charge in [0.1, 0.15) is 0 Å². The number of hydrogen-bond donors (Lipinski definition) is 0. The summed E-state index contributed by atoms with van der Waals surface area (Å²) in [6.45, 7) is 0. The van der Waals surface area contributed by atoms with Gasteiger partial charge in [0.15, 0.2) is 11.6 Å². The molecule has 4 nitrogen and oxygen atoms in total. The van der Waals surface area contributed by atoms with Crippen molar-refractivity contribution in [3.63, 3.8) is 0 Å². The molecule has 0 radical (unpaired) electrons. The molecule has 0 fully saturated rings. The molecule has 3 aliphatic rings. The number of aromatic nitrogens is 4. The first-order valence-electron chi connectivity index (χ1n) is 21.9. The minimum absolute atomic E-state index is 0.0778. The largest absolute Gasteiger partial charge is 0.228 e. The number of benzene rings is 9. The highest BCUT2D eigenvalue weighted by Crippen LogP contribution is 2.56. The van der Waals surface area contributed by atoms with Crippen LogP contribution in [0.15, 0.2) is 218 Å². The summed E-state index contributed by atoms with van der Waals surface area (Å²) in [6, 6.07) is 78.1. The van der Waals surface area contributed by atoms with Crippen molar-refractivity contribution in [2.45, 2.75) is 11.8 Å². The van der Waals surface area contributed by atoms with Crippen molar-refractivity contribution in [2.24, 2.45) is 0 Å². The Kier molecular flexibility index (Phi) is 8.31. The van der Waals surface area contributed by atoms with Crippen molar-refractivity contribution in [2.75, 3.05) is 0 Å². The zero-order valence-corrected chi connectivity index (χ0v) is 34.7. The molecule has 14 rings (SSSR count). The van der Waals surface area contributed by atoms with Gasteiger partial charge in [0.2, 0.25) is 0 Å². The van der Waals surface area contributed by atoms with Crippen molar-refractivity contribution in [3.8, 4) is 67.8 Å². The maximum Gasteiger partial charge on any atom is 0.160 e. The second-order valence-electron chi connectivity index (χ2n) is 17.0. The van der Waals surface area contributed by atoms with Crippen LogP contribution in [0.1, 0.15) is 45.2 Å². The third-order valence-corrected chi connectivity index (χ3v) is 13.2. The van der Waals surface area contributed by atoms with E-state index in [4.69, 9.17) is 19.9 Å². The smallest absolute Gasteiger partial charge is 0.160 e. The molecule has 2 bridgehead atoms. The summed E-state index contributed by atoms with van der Waals surface area (Å²) >= 11 is 0. The van der Waals surface area contributed by atoms with Crippen molar-refractivity contribution in [3.05, 3.63) is 252 Å². The van der Waals surface area contributed by atoms with Gasteiger partial charge in [0, 0.05) is 45.2 Å². The van der Waals surface area contributed by atoms with Gasteiger partial charge in [0.05, 0.1) is 22.8 Å². The lowest BCUT2D eigenvalue weighted by molar-refractivity contribution is 0.755. The van der Waals surface area contributed by atoms with E-state index in [1.165, 1.54) is 54.9 Å². The van der Waals surface area contributed by atoms with Crippen molar-refractivity contribution < 1.29 is 0 Å². The first kappa shape index (κ1) is 36.3. The van der Waals surface area contributed by atoms with Crippen LogP contribution in [0.2, 0.25) is 0 Å². The van der Waals surface area contributed by atoms with Crippen LogP contribution in [0.3, 0.4) is 0 Å². The normalized spacial score (nSPS) is 14.6. The highest BCUT2D eigenvalue weighted by atomic mass is 14.9. The molecule has 0 N–H and O–H groups in total. The van der Waals surface area contributed by atoms with Gasteiger partial charge in [-0.25, -0.2) is 19.9 Å². The molecule has 64 heavy (non-hydrogen) atoms. The second-order valence-corrected chi connectivity index (χ2v) is 17.0. The van der Waals surface area contributed by atoms with E-state index in [-0.39, 0.29) is 11.8 Å². The molecule has 298 valence electrons. The van der Waals surface area contributed by atoms with Crippen LogP contribution in [0.4, 0.5) is 0 Å². The predicted molar refractivity (Wildman–Crippen MR) is 260 cm³/mol. The Balaban J connectivity index is 0.938. The van der Waals surface area contributed by atoms with Crippen LogP contribution < -0.4 is 0 Å². The molecule has 0 saturated carbocycles. The lowest BCUT2D eigenvalue weighted by Gasteiger charge is -2.42. The third kappa shape index (κ3) is 6.06. The minimum atomic E-state index is 0.0778. The van der Waals surface area contributed by atoms with E-state index < -0.39 is 0 Å². The molecule has 4 heteroatoms. The Morgan fingerprint density at radius 2 is 0.547 bits per heavy atom. The maximum atomic E-state index is 5.26. The molecule has 2 heterocycles. The predicted octanol–water partition coefficient (Wildman–Crippen LogP) is 14.6. The van der Waals surface area contributed by atoms with E-state index in [0.717, 1.165) is 56.2 Å². The van der Waals surface area contributed by atoms with Crippen molar-refractivity contribution >= 4 is 21.5 Å². The molecule has 11 aromatic rings. The van der Waals surface area contributed by atoms with E-state index in [1.54, 1.807) is 0 Å². The summed E-state index contributed by atoms with van der Waals surface area (Å²) in [4.78, 5) is 20.8. The van der Waals surface area contributed by atoms with Crippen LogP contribution in [0.5, 0.6) is 0 Å². The first-order chi connectivity index (χ1) is 31.7. The Hall–Kier alpha value is -8.34.